The second kappa shape index (κ2) is 3.44. The lowest BCUT2D eigenvalue weighted by atomic mass is 10.2. The van der Waals surface area contributed by atoms with Crippen LogP contribution in [0.5, 0.6) is 0 Å². The molecule has 0 saturated carbocycles. The molecule has 0 spiro atoms. The van der Waals surface area contributed by atoms with Crippen molar-refractivity contribution in [3.05, 3.63) is 22.0 Å². The average Bonchev–Trinajstić information content (AvgIpc) is 2.37. The predicted octanol–water partition coefficient (Wildman–Crippen LogP) is 1.06. The number of carbonyl (C=O) groups is 2. The van der Waals surface area contributed by atoms with E-state index in [1.165, 1.54) is 0 Å². The van der Waals surface area contributed by atoms with Gasteiger partial charge in [0.25, 0.3) is 0 Å². The number of rotatable bonds is 2. The van der Waals surface area contributed by atoms with Crippen molar-refractivity contribution in [2.75, 3.05) is 0 Å². The van der Waals surface area contributed by atoms with Crippen LogP contribution in [0.3, 0.4) is 0 Å². The topological polar surface area (TPSA) is 74.6 Å². The Balaban J connectivity index is 2.99. The molecular weight excluding hydrogens is 180 g/mol. The molecule has 1 aliphatic heterocycles. The zero-order valence-electron chi connectivity index (χ0n) is 5.98. The third-order valence-corrected chi connectivity index (χ3v) is 2.30. The van der Waals surface area contributed by atoms with Crippen molar-refractivity contribution >= 4 is 23.7 Å². The van der Waals surface area contributed by atoms with Gasteiger partial charge in [0.1, 0.15) is 0 Å². The van der Waals surface area contributed by atoms with E-state index in [0.29, 0.717) is 11.3 Å². The minimum atomic E-state index is -1.38. The maximum atomic E-state index is 10.4. The van der Waals surface area contributed by atoms with Gasteiger partial charge in [0.15, 0.2) is 5.57 Å². The van der Waals surface area contributed by atoms with Crippen molar-refractivity contribution in [1.29, 1.82) is 0 Å². The fourth-order valence-electron chi connectivity index (χ4n) is 0.825. The van der Waals surface area contributed by atoms with Gasteiger partial charge < -0.3 is 10.2 Å². The normalized spacial score (nSPS) is 14.8. The largest absolute Gasteiger partial charge is 0.477 e. The standard InChI is InChI=1S/C7H6O4S/c8-6(9)5(7(10)11)4-2-1-3-12-4/h1,3H,2H2,(H,8,9)(H,10,11). The molecule has 0 saturated heterocycles. The second-order valence-corrected chi connectivity index (χ2v) is 3.10. The third-order valence-electron chi connectivity index (χ3n) is 1.32. The van der Waals surface area contributed by atoms with Crippen molar-refractivity contribution in [3.8, 4) is 0 Å². The third kappa shape index (κ3) is 1.68. The van der Waals surface area contributed by atoms with Crippen molar-refractivity contribution in [2.45, 2.75) is 6.42 Å². The molecule has 4 nitrogen and oxygen atoms in total. The van der Waals surface area contributed by atoms with Crippen molar-refractivity contribution in [3.63, 3.8) is 0 Å². The molecule has 1 aliphatic rings. The Morgan fingerprint density at radius 2 is 1.92 bits per heavy atom. The molecule has 12 heavy (non-hydrogen) atoms. The molecule has 0 unspecified atom stereocenters. The molecule has 0 aromatic rings. The molecule has 1 heterocycles. The quantitative estimate of drug-likeness (QED) is 0.383. The molecule has 0 aliphatic carbocycles. The fourth-order valence-corrected chi connectivity index (χ4v) is 1.67. The van der Waals surface area contributed by atoms with E-state index in [-0.39, 0.29) is 0 Å². The highest BCUT2D eigenvalue weighted by Crippen LogP contribution is 2.31. The summed E-state index contributed by atoms with van der Waals surface area (Å²) in [6.07, 6.45) is 2.13. The molecule has 0 fully saturated rings. The van der Waals surface area contributed by atoms with Crippen LogP contribution >= 0.6 is 11.8 Å². The van der Waals surface area contributed by atoms with Crippen LogP contribution in [0.2, 0.25) is 0 Å². The number of aliphatic carboxylic acids is 2. The van der Waals surface area contributed by atoms with Gasteiger partial charge in [-0.05, 0) is 11.8 Å². The van der Waals surface area contributed by atoms with Crippen molar-refractivity contribution in [1.82, 2.24) is 0 Å². The minimum absolute atomic E-state index is 0.384. The number of carboxylic acids is 2. The van der Waals surface area contributed by atoms with Crippen LogP contribution in [-0.2, 0) is 9.59 Å². The van der Waals surface area contributed by atoms with E-state index < -0.39 is 17.5 Å². The first-order chi connectivity index (χ1) is 5.63. The molecule has 0 aromatic carbocycles. The van der Waals surface area contributed by atoms with Gasteiger partial charge in [0.2, 0.25) is 0 Å². The first-order valence-corrected chi connectivity index (χ1v) is 4.02. The van der Waals surface area contributed by atoms with Crippen LogP contribution in [0.1, 0.15) is 6.42 Å². The maximum Gasteiger partial charge on any atom is 0.343 e. The maximum absolute atomic E-state index is 10.4. The fraction of sp³-hybridized carbons (Fsp3) is 0.143. The molecule has 2 N–H and O–H groups in total. The summed E-state index contributed by atoms with van der Waals surface area (Å²) in [5.74, 6) is -2.76. The van der Waals surface area contributed by atoms with Crippen LogP contribution in [0.15, 0.2) is 22.0 Å². The molecule has 1 rings (SSSR count). The summed E-state index contributed by atoms with van der Waals surface area (Å²) in [4.78, 5) is 21.3. The highest BCUT2D eigenvalue weighted by molar-refractivity contribution is 8.06. The minimum Gasteiger partial charge on any atom is -0.477 e. The van der Waals surface area contributed by atoms with E-state index in [4.69, 9.17) is 10.2 Å². The van der Waals surface area contributed by atoms with Crippen molar-refractivity contribution < 1.29 is 19.8 Å². The highest BCUT2D eigenvalue weighted by Gasteiger charge is 2.22. The van der Waals surface area contributed by atoms with Gasteiger partial charge in [-0.15, -0.1) is 11.8 Å². The van der Waals surface area contributed by atoms with Crippen LogP contribution in [0, 0.1) is 0 Å². The molecule has 0 amide bonds. The highest BCUT2D eigenvalue weighted by atomic mass is 32.2. The second-order valence-electron chi connectivity index (χ2n) is 2.10. The Kier molecular flexibility index (Phi) is 2.54. The number of hydrogen-bond acceptors (Lipinski definition) is 3. The zero-order chi connectivity index (χ0) is 9.14. The molecule has 64 valence electrons. The Labute approximate surface area is 72.6 Å². The number of carboxylic acid groups (broad SMARTS) is 2. The zero-order valence-corrected chi connectivity index (χ0v) is 6.80. The molecule has 0 aromatic heterocycles. The summed E-state index contributed by atoms with van der Waals surface area (Å²) in [5, 5.41) is 18.7. The first-order valence-electron chi connectivity index (χ1n) is 3.14. The lowest BCUT2D eigenvalue weighted by Gasteiger charge is -1.99. The Hall–Kier alpha value is -1.23. The molecule has 0 bridgehead atoms. The van der Waals surface area contributed by atoms with Gasteiger partial charge in [0, 0.05) is 4.91 Å². The first kappa shape index (κ1) is 8.86. The molecule has 0 atom stereocenters. The van der Waals surface area contributed by atoms with E-state index in [9.17, 15) is 9.59 Å². The molecule has 5 heteroatoms. The van der Waals surface area contributed by atoms with E-state index >= 15 is 0 Å². The Morgan fingerprint density at radius 1 is 1.33 bits per heavy atom. The van der Waals surface area contributed by atoms with Gasteiger partial charge in [-0.25, -0.2) is 9.59 Å². The van der Waals surface area contributed by atoms with Gasteiger partial charge in [0.05, 0.1) is 0 Å². The number of hydrogen-bond donors (Lipinski definition) is 2. The van der Waals surface area contributed by atoms with Crippen LogP contribution in [0.4, 0.5) is 0 Å². The van der Waals surface area contributed by atoms with Gasteiger partial charge in [-0.1, -0.05) is 6.08 Å². The number of allylic oxidation sites excluding steroid dienone is 2. The monoisotopic (exact) mass is 186 g/mol. The van der Waals surface area contributed by atoms with Crippen molar-refractivity contribution in [2.24, 2.45) is 0 Å². The van der Waals surface area contributed by atoms with Crippen LogP contribution in [-0.4, -0.2) is 22.2 Å². The Morgan fingerprint density at radius 3 is 2.25 bits per heavy atom. The summed E-state index contributed by atoms with van der Waals surface area (Å²) in [6, 6.07) is 0. The lowest BCUT2D eigenvalue weighted by Crippen LogP contribution is -2.12. The van der Waals surface area contributed by atoms with Crippen LogP contribution < -0.4 is 0 Å². The van der Waals surface area contributed by atoms with E-state index in [1.807, 2.05) is 0 Å². The SMILES string of the molecule is O=C(O)C(C(=O)O)=C1CC=CS1. The van der Waals surface area contributed by atoms with E-state index in [1.54, 1.807) is 11.5 Å². The summed E-state index contributed by atoms with van der Waals surface area (Å²) >= 11 is 1.14. The van der Waals surface area contributed by atoms with Gasteiger partial charge >= 0.3 is 11.9 Å². The van der Waals surface area contributed by atoms with Gasteiger partial charge in [-0.2, -0.15) is 0 Å². The summed E-state index contributed by atoms with van der Waals surface area (Å²) in [5.41, 5.74) is -0.523. The van der Waals surface area contributed by atoms with E-state index in [0.717, 1.165) is 11.8 Å². The summed E-state index contributed by atoms with van der Waals surface area (Å²) in [6.45, 7) is 0. The summed E-state index contributed by atoms with van der Waals surface area (Å²) < 4.78 is 0. The number of thioether (sulfide) groups is 1. The lowest BCUT2D eigenvalue weighted by molar-refractivity contribution is -0.140. The average molecular weight is 186 g/mol. The predicted molar refractivity (Wildman–Crippen MR) is 43.6 cm³/mol. The van der Waals surface area contributed by atoms with Gasteiger partial charge in [-0.3, -0.25) is 0 Å². The summed E-state index contributed by atoms with van der Waals surface area (Å²) in [7, 11) is 0. The van der Waals surface area contributed by atoms with Crippen LogP contribution in [0.25, 0.3) is 0 Å². The van der Waals surface area contributed by atoms with E-state index in [2.05, 4.69) is 0 Å². The molecular formula is C7H6O4S. The molecule has 0 radical (unpaired) electrons. The smallest absolute Gasteiger partial charge is 0.343 e. The Bertz CT molecular complexity index is 264.